The molecule has 1 unspecified atom stereocenters. The molecule has 3 amide bonds. The minimum atomic E-state index is -0.670. The second kappa shape index (κ2) is 6.41. The van der Waals surface area contributed by atoms with E-state index in [1.807, 2.05) is 0 Å². The zero-order valence-corrected chi connectivity index (χ0v) is 14.2. The number of benzene rings is 1. The van der Waals surface area contributed by atoms with Crippen molar-refractivity contribution in [2.75, 3.05) is 12.4 Å². The highest BCUT2D eigenvalue weighted by atomic mass is 35.5. The Morgan fingerprint density at radius 1 is 1.33 bits per heavy atom. The molecule has 7 nitrogen and oxygen atoms in total. The summed E-state index contributed by atoms with van der Waals surface area (Å²) in [5.41, 5.74) is 6.51. The Balaban J connectivity index is 1.87. The van der Waals surface area contributed by atoms with Crippen LogP contribution in [0.3, 0.4) is 0 Å². The van der Waals surface area contributed by atoms with Crippen LogP contribution in [-0.4, -0.2) is 41.8 Å². The van der Waals surface area contributed by atoms with Gasteiger partial charge < -0.3 is 10.2 Å². The van der Waals surface area contributed by atoms with Crippen molar-refractivity contribution in [2.45, 2.75) is 38.3 Å². The lowest BCUT2D eigenvalue weighted by molar-refractivity contribution is -0.121. The number of halogens is 1. The molecule has 2 aliphatic rings. The second-order valence-corrected chi connectivity index (χ2v) is 6.67. The highest BCUT2D eigenvalue weighted by molar-refractivity contribution is 6.31. The SMILES string of the molecule is Cc1cc(Cl)cc(C(=O)N(C)C2CC2)c1NC(=O)C1CC(=O)NN1. The van der Waals surface area contributed by atoms with Crippen LogP contribution in [-0.2, 0) is 9.59 Å². The zero-order valence-electron chi connectivity index (χ0n) is 13.5. The molecule has 1 heterocycles. The monoisotopic (exact) mass is 350 g/mol. The first-order valence-corrected chi connectivity index (χ1v) is 8.17. The van der Waals surface area contributed by atoms with E-state index in [0.29, 0.717) is 21.8 Å². The number of rotatable bonds is 4. The van der Waals surface area contributed by atoms with Gasteiger partial charge in [0.1, 0.15) is 6.04 Å². The number of nitrogens with zero attached hydrogens (tertiary/aromatic N) is 1. The van der Waals surface area contributed by atoms with Crippen molar-refractivity contribution in [1.29, 1.82) is 0 Å². The molecule has 1 saturated carbocycles. The molecule has 1 aliphatic carbocycles. The Kier molecular flexibility index (Phi) is 4.47. The topological polar surface area (TPSA) is 90.5 Å². The molecule has 2 fully saturated rings. The highest BCUT2D eigenvalue weighted by Crippen LogP contribution is 2.31. The first kappa shape index (κ1) is 16.7. The van der Waals surface area contributed by atoms with Gasteiger partial charge in [-0.15, -0.1) is 0 Å². The average Bonchev–Trinajstić information content (AvgIpc) is 3.29. The van der Waals surface area contributed by atoms with E-state index in [1.54, 1.807) is 31.0 Å². The summed E-state index contributed by atoms with van der Waals surface area (Å²) < 4.78 is 0. The van der Waals surface area contributed by atoms with Crippen molar-refractivity contribution in [3.05, 3.63) is 28.3 Å². The number of amides is 3. The predicted octanol–water partition coefficient (Wildman–Crippen LogP) is 1.21. The molecular weight excluding hydrogens is 332 g/mol. The molecule has 0 radical (unpaired) electrons. The van der Waals surface area contributed by atoms with E-state index in [2.05, 4.69) is 16.2 Å². The maximum atomic E-state index is 12.7. The number of anilines is 1. The summed E-state index contributed by atoms with van der Waals surface area (Å²) in [4.78, 5) is 38.0. The molecule has 1 aromatic carbocycles. The first-order chi connectivity index (χ1) is 11.4. The predicted molar refractivity (Wildman–Crippen MR) is 89.6 cm³/mol. The molecule has 3 rings (SSSR count). The fourth-order valence-electron chi connectivity index (χ4n) is 2.72. The minimum absolute atomic E-state index is 0.0593. The van der Waals surface area contributed by atoms with Gasteiger partial charge in [-0.3, -0.25) is 19.8 Å². The van der Waals surface area contributed by atoms with Crippen LogP contribution < -0.4 is 16.2 Å². The summed E-state index contributed by atoms with van der Waals surface area (Å²) in [7, 11) is 1.75. The number of nitrogens with one attached hydrogen (secondary N) is 3. The van der Waals surface area contributed by atoms with Crippen LogP contribution in [0.2, 0.25) is 5.02 Å². The van der Waals surface area contributed by atoms with E-state index in [1.165, 1.54) is 0 Å². The van der Waals surface area contributed by atoms with Crippen LogP contribution in [0, 0.1) is 6.92 Å². The van der Waals surface area contributed by atoms with Gasteiger partial charge in [-0.05, 0) is 37.5 Å². The van der Waals surface area contributed by atoms with Gasteiger partial charge in [0.05, 0.1) is 17.7 Å². The molecule has 1 aromatic rings. The fraction of sp³-hybridized carbons (Fsp3) is 0.438. The van der Waals surface area contributed by atoms with E-state index in [0.717, 1.165) is 12.8 Å². The van der Waals surface area contributed by atoms with Gasteiger partial charge in [0.25, 0.3) is 5.91 Å². The van der Waals surface area contributed by atoms with Gasteiger partial charge in [0.2, 0.25) is 11.8 Å². The number of hydrogen-bond acceptors (Lipinski definition) is 4. The Bertz CT molecular complexity index is 718. The summed E-state index contributed by atoms with van der Waals surface area (Å²) >= 11 is 6.10. The largest absolute Gasteiger partial charge is 0.339 e. The lowest BCUT2D eigenvalue weighted by atomic mass is 10.1. The third-order valence-electron chi connectivity index (χ3n) is 4.29. The number of hydrazine groups is 1. The van der Waals surface area contributed by atoms with Gasteiger partial charge in [-0.2, -0.15) is 0 Å². The number of aryl methyl sites for hydroxylation is 1. The molecule has 3 N–H and O–H groups in total. The smallest absolute Gasteiger partial charge is 0.256 e. The van der Waals surface area contributed by atoms with E-state index >= 15 is 0 Å². The van der Waals surface area contributed by atoms with Gasteiger partial charge in [0.15, 0.2) is 0 Å². The van der Waals surface area contributed by atoms with Crippen molar-refractivity contribution in [3.63, 3.8) is 0 Å². The van der Waals surface area contributed by atoms with Crippen molar-refractivity contribution in [1.82, 2.24) is 15.8 Å². The van der Waals surface area contributed by atoms with Crippen LogP contribution in [0.15, 0.2) is 12.1 Å². The van der Waals surface area contributed by atoms with Crippen LogP contribution in [0.1, 0.15) is 35.2 Å². The zero-order chi connectivity index (χ0) is 17.4. The lowest BCUT2D eigenvalue weighted by Gasteiger charge is -2.21. The van der Waals surface area contributed by atoms with Crippen molar-refractivity contribution in [3.8, 4) is 0 Å². The van der Waals surface area contributed by atoms with E-state index in [4.69, 9.17) is 11.6 Å². The van der Waals surface area contributed by atoms with Crippen LogP contribution in [0.5, 0.6) is 0 Å². The van der Waals surface area contributed by atoms with Gasteiger partial charge in [-0.25, -0.2) is 5.43 Å². The number of carbonyl (C=O) groups excluding carboxylic acids is 3. The third-order valence-corrected chi connectivity index (χ3v) is 4.50. The summed E-state index contributed by atoms with van der Waals surface area (Å²) in [6, 6.07) is 2.84. The quantitative estimate of drug-likeness (QED) is 0.761. The maximum absolute atomic E-state index is 12.7. The number of carbonyl (C=O) groups is 3. The summed E-state index contributed by atoms with van der Waals surface area (Å²) in [5.74, 6) is -0.790. The molecule has 24 heavy (non-hydrogen) atoms. The molecule has 0 spiro atoms. The van der Waals surface area contributed by atoms with Gasteiger partial charge in [0, 0.05) is 18.1 Å². The number of hydrogen-bond donors (Lipinski definition) is 3. The average molecular weight is 351 g/mol. The normalized spacial score (nSPS) is 19.8. The summed E-state index contributed by atoms with van der Waals surface area (Å²) in [5, 5.41) is 3.20. The second-order valence-electron chi connectivity index (χ2n) is 6.23. The molecule has 1 atom stereocenters. The Morgan fingerprint density at radius 3 is 2.62 bits per heavy atom. The van der Waals surface area contributed by atoms with Crippen LogP contribution in [0.4, 0.5) is 5.69 Å². The Hall–Kier alpha value is -2.12. The van der Waals surface area contributed by atoms with Crippen molar-refractivity contribution >= 4 is 35.0 Å². The van der Waals surface area contributed by atoms with E-state index in [-0.39, 0.29) is 30.2 Å². The third kappa shape index (κ3) is 3.37. The lowest BCUT2D eigenvalue weighted by Crippen LogP contribution is -2.40. The summed E-state index contributed by atoms with van der Waals surface area (Å²) in [6.07, 6.45) is 2.04. The standard InChI is InChI=1S/C16H19ClN4O3/c1-8-5-9(17)6-11(16(24)21(2)10-3-4-10)14(8)18-15(23)12-7-13(22)20-19-12/h5-6,10,12,19H,3-4,7H2,1-2H3,(H,18,23)(H,20,22). The van der Waals surface area contributed by atoms with Crippen molar-refractivity contribution in [2.24, 2.45) is 0 Å². The fourth-order valence-corrected chi connectivity index (χ4v) is 2.99. The molecule has 0 bridgehead atoms. The van der Waals surface area contributed by atoms with Crippen LogP contribution >= 0.6 is 11.6 Å². The van der Waals surface area contributed by atoms with E-state index in [9.17, 15) is 14.4 Å². The molecule has 8 heteroatoms. The molecule has 128 valence electrons. The van der Waals surface area contributed by atoms with Gasteiger partial charge in [-0.1, -0.05) is 11.6 Å². The molecule has 0 aromatic heterocycles. The van der Waals surface area contributed by atoms with Gasteiger partial charge >= 0.3 is 0 Å². The van der Waals surface area contributed by atoms with Crippen molar-refractivity contribution < 1.29 is 14.4 Å². The minimum Gasteiger partial charge on any atom is -0.339 e. The maximum Gasteiger partial charge on any atom is 0.256 e. The highest BCUT2D eigenvalue weighted by Gasteiger charge is 2.33. The first-order valence-electron chi connectivity index (χ1n) is 7.79. The van der Waals surface area contributed by atoms with E-state index < -0.39 is 6.04 Å². The molecular formula is C16H19ClN4O3. The van der Waals surface area contributed by atoms with Crippen LogP contribution in [0.25, 0.3) is 0 Å². The Morgan fingerprint density at radius 2 is 2.04 bits per heavy atom. The molecule has 1 saturated heterocycles. The summed E-state index contributed by atoms with van der Waals surface area (Å²) in [6.45, 7) is 1.78. The molecule has 1 aliphatic heterocycles. The Labute approximate surface area is 144 Å².